The Balaban J connectivity index is 1.30. The average molecular weight is 498 g/mol. The van der Waals surface area contributed by atoms with E-state index in [4.69, 9.17) is 4.74 Å². The molecular weight excluding hydrogens is 466 g/mol. The number of fused-ring (bicyclic) bond motifs is 2. The molecule has 2 unspecified atom stereocenters. The van der Waals surface area contributed by atoms with Crippen molar-refractivity contribution < 1.29 is 19.1 Å². The zero-order chi connectivity index (χ0) is 25.9. The van der Waals surface area contributed by atoms with E-state index < -0.39 is 6.04 Å². The second kappa shape index (κ2) is 10.5. The molecule has 1 saturated heterocycles. The minimum absolute atomic E-state index is 0.0539. The van der Waals surface area contributed by atoms with Gasteiger partial charge in [-0.05, 0) is 74.2 Å². The Bertz CT molecular complexity index is 1300. The molecule has 37 heavy (non-hydrogen) atoms. The van der Waals surface area contributed by atoms with E-state index in [1.165, 1.54) is 0 Å². The monoisotopic (exact) mass is 497 g/mol. The molecule has 190 valence electrons. The molecule has 2 atom stereocenters. The molecule has 7 nitrogen and oxygen atoms in total. The summed E-state index contributed by atoms with van der Waals surface area (Å²) in [7, 11) is 0. The lowest BCUT2D eigenvalue weighted by molar-refractivity contribution is -0.122. The van der Waals surface area contributed by atoms with Crippen LogP contribution in [0.25, 0.3) is 0 Å². The van der Waals surface area contributed by atoms with Crippen molar-refractivity contribution in [3.05, 3.63) is 95.1 Å². The first kappa shape index (κ1) is 24.6. The Labute approximate surface area is 217 Å². The summed E-state index contributed by atoms with van der Waals surface area (Å²) in [5.41, 5.74) is 3.61. The molecule has 0 bridgehead atoms. The van der Waals surface area contributed by atoms with Gasteiger partial charge in [-0.1, -0.05) is 36.4 Å². The van der Waals surface area contributed by atoms with Crippen LogP contribution in [0.3, 0.4) is 0 Å². The lowest BCUT2D eigenvalue weighted by atomic mass is 10.1. The van der Waals surface area contributed by atoms with Crippen molar-refractivity contribution >= 4 is 23.4 Å². The molecule has 1 fully saturated rings. The fourth-order valence-corrected chi connectivity index (χ4v) is 5.10. The van der Waals surface area contributed by atoms with E-state index in [0.29, 0.717) is 42.9 Å². The van der Waals surface area contributed by atoms with Crippen molar-refractivity contribution in [2.75, 3.05) is 18.1 Å². The maximum atomic E-state index is 13.5. The van der Waals surface area contributed by atoms with Crippen LogP contribution in [0.15, 0.2) is 72.8 Å². The maximum Gasteiger partial charge on any atom is 0.256 e. The van der Waals surface area contributed by atoms with Crippen LogP contribution >= 0.6 is 0 Å². The van der Waals surface area contributed by atoms with Gasteiger partial charge < -0.3 is 19.9 Å². The Kier molecular flexibility index (Phi) is 6.95. The smallest absolute Gasteiger partial charge is 0.256 e. The first-order valence-electron chi connectivity index (χ1n) is 12.8. The van der Waals surface area contributed by atoms with Crippen LogP contribution in [0.5, 0.6) is 5.75 Å². The number of carbonyl (C=O) groups excluding carboxylic acids is 3. The van der Waals surface area contributed by atoms with E-state index in [2.05, 4.69) is 5.32 Å². The molecule has 3 aromatic rings. The van der Waals surface area contributed by atoms with Crippen LogP contribution in [0.2, 0.25) is 0 Å². The standard InChI is InChI=1S/C30H31N3O4/c1-3-37-24-16-14-22(15-17-24)20(2)31-28(34)23-12-10-21(11-13-23)19-33-26-8-5-4-7-25(26)29(35)32-18-6-9-27(32)30(33)36/h4-5,7-8,10-17,20,27H,3,6,9,18-19H2,1-2H3,(H,31,34). The molecule has 1 N–H and O–H groups in total. The minimum atomic E-state index is -0.422. The zero-order valence-corrected chi connectivity index (χ0v) is 21.1. The van der Waals surface area contributed by atoms with E-state index in [1.807, 2.05) is 68.4 Å². The number of carbonyl (C=O) groups is 3. The minimum Gasteiger partial charge on any atom is -0.494 e. The van der Waals surface area contributed by atoms with Gasteiger partial charge in [0.1, 0.15) is 11.8 Å². The number of hydrogen-bond donors (Lipinski definition) is 1. The first-order chi connectivity index (χ1) is 18.0. The lowest BCUT2D eigenvalue weighted by Gasteiger charge is -2.26. The highest BCUT2D eigenvalue weighted by Gasteiger charge is 2.41. The molecule has 2 aliphatic rings. The highest BCUT2D eigenvalue weighted by Crippen LogP contribution is 2.33. The van der Waals surface area contributed by atoms with Crippen molar-refractivity contribution in [1.29, 1.82) is 0 Å². The summed E-state index contributed by atoms with van der Waals surface area (Å²) in [5.74, 6) is 0.497. The molecule has 2 heterocycles. The number of nitrogens with zero attached hydrogens (tertiary/aromatic N) is 2. The SMILES string of the molecule is CCOc1ccc(C(C)NC(=O)c2ccc(CN3C(=O)C4CCCN4C(=O)c4ccccc43)cc2)cc1. The lowest BCUT2D eigenvalue weighted by Crippen LogP contribution is -2.44. The largest absolute Gasteiger partial charge is 0.494 e. The van der Waals surface area contributed by atoms with Crippen molar-refractivity contribution in [2.24, 2.45) is 0 Å². The third-order valence-corrected chi connectivity index (χ3v) is 7.09. The van der Waals surface area contributed by atoms with Crippen molar-refractivity contribution in [3.63, 3.8) is 0 Å². The number of para-hydroxylation sites is 1. The highest BCUT2D eigenvalue weighted by atomic mass is 16.5. The average Bonchev–Trinajstić information content (AvgIpc) is 3.39. The fourth-order valence-electron chi connectivity index (χ4n) is 5.10. The zero-order valence-electron chi connectivity index (χ0n) is 21.1. The molecule has 2 aliphatic heterocycles. The summed E-state index contributed by atoms with van der Waals surface area (Å²) in [6.07, 6.45) is 1.51. The van der Waals surface area contributed by atoms with E-state index in [-0.39, 0.29) is 23.8 Å². The topological polar surface area (TPSA) is 79.0 Å². The molecule has 3 aromatic carbocycles. The van der Waals surface area contributed by atoms with Gasteiger partial charge in [-0.2, -0.15) is 0 Å². The van der Waals surface area contributed by atoms with E-state index in [9.17, 15) is 14.4 Å². The molecule has 0 aromatic heterocycles. The van der Waals surface area contributed by atoms with E-state index in [0.717, 1.165) is 23.3 Å². The van der Waals surface area contributed by atoms with Gasteiger partial charge in [0.15, 0.2) is 0 Å². The molecule has 0 spiro atoms. The predicted octanol–water partition coefficient (Wildman–Crippen LogP) is 4.73. The van der Waals surface area contributed by atoms with Crippen molar-refractivity contribution in [1.82, 2.24) is 10.2 Å². The van der Waals surface area contributed by atoms with Gasteiger partial charge in [0, 0.05) is 12.1 Å². The summed E-state index contributed by atoms with van der Waals surface area (Å²) < 4.78 is 5.48. The third kappa shape index (κ3) is 4.94. The van der Waals surface area contributed by atoms with Crippen molar-refractivity contribution in [3.8, 4) is 5.75 Å². The molecule has 0 saturated carbocycles. The third-order valence-electron chi connectivity index (χ3n) is 7.09. The number of hydrogen-bond acceptors (Lipinski definition) is 4. The number of benzene rings is 3. The van der Waals surface area contributed by atoms with Gasteiger partial charge in [0.2, 0.25) is 5.91 Å². The number of amides is 3. The summed E-state index contributed by atoms with van der Waals surface area (Å²) in [6, 6.07) is 21.7. The summed E-state index contributed by atoms with van der Waals surface area (Å²) >= 11 is 0. The molecule has 3 amide bonds. The van der Waals surface area contributed by atoms with Crippen LogP contribution < -0.4 is 15.0 Å². The number of anilines is 1. The molecule has 5 rings (SSSR count). The molecular formula is C30H31N3O4. The Morgan fingerprint density at radius 2 is 1.76 bits per heavy atom. The molecule has 0 radical (unpaired) electrons. The quantitative estimate of drug-likeness (QED) is 0.512. The second-order valence-corrected chi connectivity index (χ2v) is 9.49. The van der Waals surface area contributed by atoms with Gasteiger partial charge in [0.25, 0.3) is 11.8 Å². The van der Waals surface area contributed by atoms with Crippen LogP contribution in [0, 0.1) is 0 Å². The molecule has 7 heteroatoms. The van der Waals surface area contributed by atoms with Gasteiger partial charge in [-0.3, -0.25) is 14.4 Å². The Morgan fingerprint density at radius 1 is 1.03 bits per heavy atom. The first-order valence-corrected chi connectivity index (χ1v) is 12.8. The Hall–Kier alpha value is -4.13. The summed E-state index contributed by atoms with van der Waals surface area (Å²) in [4.78, 5) is 42.9. The van der Waals surface area contributed by atoms with Crippen LogP contribution in [-0.4, -0.2) is 41.8 Å². The van der Waals surface area contributed by atoms with Gasteiger partial charge in [-0.25, -0.2) is 0 Å². The fraction of sp³-hybridized carbons (Fsp3) is 0.300. The summed E-state index contributed by atoms with van der Waals surface area (Å²) in [5, 5.41) is 3.04. The van der Waals surface area contributed by atoms with E-state index >= 15 is 0 Å². The normalized spacial score (nSPS) is 17.6. The van der Waals surface area contributed by atoms with E-state index in [1.54, 1.807) is 28.0 Å². The summed E-state index contributed by atoms with van der Waals surface area (Å²) in [6.45, 7) is 5.43. The second-order valence-electron chi connectivity index (χ2n) is 9.49. The number of nitrogens with one attached hydrogen (secondary N) is 1. The number of ether oxygens (including phenoxy) is 1. The van der Waals surface area contributed by atoms with Gasteiger partial charge in [-0.15, -0.1) is 0 Å². The van der Waals surface area contributed by atoms with Crippen molar-refractivity contribution in [2.45, 2.75) is 45.3 Å². The highest BCUT2D eigenvalue weighted by molar-refractivity contribution is 6.11. The van der Waals surface area contributed by atoms with Crippen LogP contribution in [-0.2, 0) is 11.3 Å². The van der Waals surface area contributed by atoms with Crippen LogP contribution in [0.1, 0.15) is 64.6 Å². The maximum absolute atomic E-state index is 13.5. The van der Waals surface area contributed by atoms with Gasteiger partial charge >= 0.3 is 0 Å². The predicted molar refractivity (Wildman–Crippen MR) is 142 cm³/mol. The van der Waals surface area contributed by atoms with Gasteiger partial charge in [0.05, 0.1) is 30.4 Å². The number of rotatable bonds is 7. The molecule has 0 aliphatic carbocycles. The van der Waals surface area contributed by atoms with Crippen LogP contribution in [0.4, 0.5) is 5.69 Å². The Morgan fingerprint density at radius 3 is 2.49 bits per heavy atom.